The average molecular weight is 269 g/mol. The molecule has 0 bridgehead atoms. The molecule has 2 aromatic carbocycles. The Morgan fingerprint density at radius 2 is 2.00 bits per heavy atom. The smallest absolute Gasteiger partial charge is 0.255 e. The molecule has 1 amide bonds. The van der Waals surface area contributed by atoms with Crippen LogP contribution in [0.15, 0.2) is 48.7 Å². The highest BCUT2D eigenvalue weighted by Crippen LogP contribution is 2.18. The topological polar surface area (TPSA) is 70.9 Å². The zero-order valence-electron chi connectivity index (χ0n) is 10.5. The second kappa shape index (κ2) is 4.70. The van der Waals surface area contributed by atoms with Gasteiger partial charge in [0.25, 0.3) is 5.91 Å². The predicted octanol–water partition coefficient (Wildman–Crippen LogP) is 3.14. The van der Waals surface area contributed by atoms with Crippen LogP contribution >= 0.6 is 0 Å². The van der Waals surface area contributed by atoms with E-state index < -0.39 is 5.82 Å². The third kappa shape index (κ3) is 2.21. The van der Waals surface area contributed by atoms with Gasteiger partial charge in [0.1, 0.15) is 5.82 Å². The molecule has 5 heteroatoms. The molecule has 0 aliphatic heterocycles. The first-order valence-electron chi connectivity index (χ1n) is 6.07. The van der Waals surface area contributed by atoms with E-state index >= 15 is 0 Å². The summed E-state index contributed by atoms with van der Waals surface area (Å²) in [6.45, 7) is 0. The molecule has 1 heterocycles. The molecule has 3 aromatic rings. The first-order chi connectivity index (χ1) is 9.63. The van der Waals surface area contributed by atoms with Crippen molar-refractivity contribution in [2.45, 2.75) is 0 Å². The van der Waals surface area contributed by atoms with E-state index in [1.807, 2.05) is 18.3 Å². The zero-order chi connectivity index (χ0) is 14.1. The molecule has 1 aromatic heterocycles. The summed E-state index contributed by atoms with van der Waals surface area (Å²) in [4.78, 5) is 15.2. The van der Waals surface area contributed by atoms with Gasteiger partial charge in [-0.15, -0.1) is 0 Å². The predicted molar refractivity (Wildman–Crippen MR) is 77.1 cm³/mol. The summed E-state index contributed by atoms with van der Waals surface area (Å²) in [5.41, 5.74) is 7.33. The van der Waals surface area contributed by atoms with Crippen molar-refractivity contribution in [3.05, 3.63) is 60.0 Å². The Labute approximate surface area is 114 Å². The van der Waals surface area contributed by atoms with Gasteiger partial charge in [-0.2, -0.15) is 0 Å². The average Bonchev–Trinajstić information content (AvgIpc) is 2.90. The van der Waals surface area contributed by atoms with E-state index in [1.165, 1.54) is 18.2 Å². The number of nitrogens with two attached hydrogens (primary N) is 1. The fourth-order valence-electron chi connectivity index (χ4n) is 2.01. The zero-order valence-corrected chi connectivity index (χ0v) is 10.5. The van der Waals surface area contributed by atoms with Crippen molar-refractivity contribution in [3.8, 4) is 0 Å². The number of rotatable bonds is 2. The van der Waals surface area contributed by atoms with Gasteiger partial charge in [0.15, 0.2) is 0 Å². The van der Waals surface area contributed by atoms with Crippen molar-refractivity contribution < 1.29 is 9.18 Å². The van der Waals surface area contributed by atoms with Gasteiger partial charge >= 0.3 is 0 Å². The fraction of sp³-hybridized carbons (Fsp3) is 0. The molecule has 3 rings (SSSR count). The van der Waals surface area contributed by atoms with Crippen molar-refractivity contribution in [2.75, 3.05) is 11.1 Å². The number of fused-ring (bicyclic) bond motifs is 1. The minimum atomic E-state index is -0.504. The molecule has 0 spiro atoms. The number of hydrogen-bond donors (Lipinski definition) is 3. The number of hydrogen-bond acceptors (Lipinski definition) is 2. The summed E-state index contributed by atoms with van der Waals surface area (Å²) in [5.74, 6) is -0.775. The molecule has 0 saturated carbocycles. The summed E-state index contributed by atoms with van der Waals surface area (Å²) in [6, 6.07) is 11.4. The molecule has 0 fully saturated rings. The normalized spacial score (nSPS) is 10.7. The number of nitrogens with one attached hydrogen (secondary N) is 2. The standard InChI is InChI=1S/C15H12FN3O/c16-12-4-3-11(8-13(12)17)19-15(20)10-2-1-9-5-6-18-14(9)7-10/h1-8,18H,17H2,(H,19,20). The fourth-order valence-corrected chi connectivity index (χ4v) is 2.01. The molecule has 4 nitrogen and oxygen atoms in total. The van der Waals surface area contributed by atoms with Crippen LogP contribution in [0.3, 0.4) is 0 Å². The highest BCUT2D eigenvalue weighted by Gasteiger charge is 2.08. The third-order valence-electron chi connectivity index (χ3n) is 3.07. The lowest BCUT2D eigenvalue weighted by molar-refractivity contribution is 0.102. The van der Waals surface area contributed by atoms with Crippen LogP contribution in [0.4, 0.5) is 15.8 Å². The Morgan fingerprint density at radius 3 is 2.80 bits per heavy atom. The Morgan fingerprint density at radius 1 is 1.15 bits per heavy atom. The minimum Gasteiger partial charge on any atom is -0.396 e. The maximum Gasteiger partial charge on any atom is 0.255 e. The Bertz CT molecular complexity index is 795. The molecular weight excluding hydrogens is 257 g/mol. The third-order valence-corrected chi connectivity index (χ3v) is 3.07. The van der Waals surface area contributed by atoms with Gasteiger partial charge in [0.05, 0.1) is 5.69 Å². The number of aromatic amines is 1. The van der Waals surface area contributed by atoms with Crippen LogP contribution in [0.1, 0.15) is 10.4 Å². The SMILES string of the molecule is Nc1cc(NC(=O)c2ccc3cc[nH]c3c2)ccc1F. The number of halogens is 1. The van der Waals surface area contributed by atoms with E-state index in [1.54, 1.807) is 12.1 Å². The van der Waals surface area contributed by atoms with Crippen LogP contribution in [0.25, 0.3) is 10.9 Å². The second-order valence-corrected chi connectivity index (χ2v) is 4.47. The lowest BCUT2D eigenvalue weighted by atomic mass is 10.1. The first kappa shape index (κ1) is 12.2. The van der Waals surface area contributed by atoms with Crippen LogP contribution in [0.5, 0.6) is 0 Å². The first-order valence-corrected chi connectivity index (χ1v) is 6.07. The van der Waals surface area contributed by atoms with E-state index in [0.29, 0.717) is 11.3 Å². The van der Waals surface area contributed by atoms with Gasteiger partial charge in [0.2, 0.25) is 0 Å². The molecular formula is C15H12FN3O. The number of carbonyl (C=O) groups excluding carboxylic acids is 1. The second-order valence-electron chi connectivity index (χ2n) is 4.47. The quantitative estimate of drug-likeness (QED) is 0.625. The maximum atomic E-state index is 13.1. The van der Waals surface area contributed by atoms with Gasteiger partial charge < -0.3 is 16.0 Å². The van der Waals surface area contributed by atoms with E-state index in [0.717, 1.165) is 10.9 Å². The van der Waals surface area contributed by atoms with Gasteiger partial charge in [-0.25, -0.2) is 4.39 Å². The summed E-state index contributed by atoms with van der Waals surface area (Å²) >= 11 is 0. The largest absolute Gasteiger partial charge is 0.396 e. The maximum absolute atomic E-state index is 13.1. The summed E-state index contributed by atoms with van der Waals surface area (Å²) in [5, 5.41) is 3.72. The number of benzene rings is 2. The Balaban J connectivity index is 1.86. The molecule has 0 radical (unpaired) electrons. The van der Waals surface area contributed by atoms with Gasteiger partial charge in [-0.1, -0.05) is 6.07 Å². The Kier molecular flexibility index (Phi) is 2.87. The molecule has 0 aliphatic carbocycles. The molecule has 0 unspecified atom stereocenters. The molecule has 0 aliphatic rings. The molecule has 0 atom stereocenters. The molecule has 100 valence electrons. The summed E-state index contributed by atoms with van der Waals surface area (Å²) < 4.78 is 13.1. The summed E-state index contributed by atoms with van der Waals surface area (Å²) in [7, 11) is 0. The van der Waals surface area contributed by atoms with E-state index in [9.17, 15) is 9.18 Å². The van der Waals surface area contributed by atoms with Crippen LogP contribution in [-0.4, -0.2) is 10.9 Å². The van der Waals surface area contributed by atoms with Gasteiger partial charge in [-0.05, 0) is 41.8 Å². The number of carbonyl (C=O) groups is 1. The molecule has 0 saturated heterocycles. The van der Waals surface area contributed by atoms with Crippen LogP contribution in [0.2, 0.25) is 0 Å². The Hall–Kier alpha value is -2.82. The summed E-state index contributed by atoms with van der Waals surface area (Å²) in [6.07, 6.45) is 1.81. The number of nitrogen functional groups attached to an aromatic ring is 1. The minimum absolute atomic E-state index is 0.00243. The number of amides is 1. The van der Waals surface area contributed by atoms with Crippen molar-refractivity contribution in [3.63, 3.8) is 0 Å². The van der Waals surface area contributed by atoms with Crippen molar-refractivity contribution in [2.24, 2.45) is 0 Å². The highest BCUT2D eigenvalue weighted by atomic mass is 19.1. The van der Waals surface area contributed by atoms with Crippen molar-refractivity contribution in [1.29, 1.82) is 0 Å². The van der Waals surface area contributed by atoms with Crippen molar-refractivity contribution >= 4 is 28.2 Å². The lowest BCUT2D eigenvalue weighted by Gasteiger charge is -2.06. The van der Waals surface area contributed by atoms with Gasteiger partial charge in [-0.3, -0.25) is 4.79 Å². The van der Waals surface area contributed by atoms with Crippen molar-refractivity contribution in [1.82, 2.24) is 4.98 Å². The number of aromatic nitrogens is 1. The number of anilines is 2. The van der Waals surface area contributed by atoms with Crippen LogP contribution < -0.4 is 11.1 Å². The highest BCUT2D eigenvalue weighted by molar-refractivity contribution is 6.06. The van der Waals surface area contributed by atoms with Gasteiger partial charge in [0, 0.05) is 23.0 Å². The van der Waals surface area contributed by atoms with E-state index in [4.69, 9.17) is 5.73 Å². The number of H-pyrrole nitrogens is 1. The van der Waals surface area contributed by atoms with Crippen LogP contribution in [0, 0.1) is 5.82 Å². The molecule has 4 N–H and O–H groups in total. The van der Waals surface area contributed by atoms with E-state index in [-0.39, 0.29) is 11.6 Å². The monoisotopic (exact) mass is 269 g/mol. The molecule has 20 heavy (non-hydrogen) atoms. The van der Waals surface area contributed by atoms with Crippen LogP contribution in [-0.2, 0) is 0 Å². The van der Waals surface area contributed by atoms with E-state index in [2.05, 4.69) is 10.3 Å². The lowest BCUT2D eigenvalue weighted by Crippen LogP contribution is -2.12.